The third-order valence-corrected chi connectivity index (χ3v) is 6.62. The lowest BCUT2D eigenvalue weighted by molar-refractivity contribution is -0.125. The van der Waals surface area contributed by atoms with Crippen molar-refractivity contribution in [3.8, 4) is 0 Å². The molecule has 1 nitrogen and oxygen atoms in total. The molecule has 0 aromatic heterocycles. The van der Waals surface area contributed by atoms with Crippen LogP contribution in [-0.4, -0.2) is 11.0 Å². The summed E-state index contributed by atoms with van der Waals surface area (Å²) in [5.74, 6) is 0.463. The first-order chi connectivity index (χ1) is 11.1. The molecule has 2 unspecified atom stereocenters. The zero-order valence-electron chi connectivity index (χ0n) is 14.8. The van der Waals surface area contributed by atoms with Crippen molar-refractivity contribution in [2.24, 2.45) is 5.41 Å². The minimum atomic E-state index is -0.165. The summed E-state index contributed by atoms with van der Waals surface area (Å²) >= 11 is 1.89. The number of hydrogen-bond acceptors (Lipinski definition) is 2. The van der Waals surface area contributed by atoms with E-state index >= 15 is 0 Å². The van der Waals surface area contributed by atoms with E-state index in [0.29, 0.717) is 11.0 Å². The fourth-order valence-electron chi connectivity index (χ4n) is 3.35. The number of Topliss-reactive ketones (excluding diaryl/α,β-unsaturated/α-hetero) is 1. The topological polar surface area (TPSA) is 17.1 Å². The van der Waals surface area contributed by atoms with Crippen LogP contribution < -0.4 is 0 Å². The molecule has 1 saturated carbocycles. The molecule has 0 N–H and O–H groups in total. The van der Waals surface area contributed by atoms with Crippen LogP contribution in [0.15, 0.2) is 46.9 Å². The molecular formula is C21H30OS. The Kier molecular flexibility index (Phi) is 6.95. The van der Waals surface area contributed by atoms with Crippen molar-refractivity contribution in [2.45, 2.75) is 75.9 Å². The van der Waals surface area contributed by atoms with Gasteiger partial charge in [0.05, 0.1) is 0 Å². The van der Waals surface area contributed by atoms with E-state index < -0.39 is 0 Å². The van der Waals surface area contributed by atoms with Gasteiger partial charge in [-0.05, 0) is 51.2 Å². The molecule has 0 amide bonds. The lowest BCUT2D eigenvalue weighted by Crippen LogP contribution is -2.33. The van der Waals surface area contributed by atoms with Gasteiger partial charge in [-0.2, -0.15) is 0 Å². The van der Waals surface area contributed by atoms with Crippen LogP contribution in [0.3, 0.4) is 0 Å². The highest BCUT2D eigenvalue weighted by molar-refractivity contribution is 8.00. The van der Waals surface area contributed by atoms with Crippen molar-refractivity contribution in [2.75, 3.05) is 0 Å². The third-order valence-electron chi connectivity index (χ3n) is 5.07. The Bertz CT molecular complexity index is 534. The van der Waals surface area contributed by atoms with Crippen LogP contribution in [0.2, 0.25) is 0 Å². The standard InChI is InChI=1S/C21H30OS/c1-4-5-10-17(2)14-15-20(21(3)16-9-13-19(21)22)23-18-11-7-6-8-12-18/h6-8,11-12,14,20H,4-5,9-10,13,15-16H2,1-3H3/b17-14+. The fraction of sp³-hybridized carbons (Fsp3) is 0.571. The van der Waals surface area contributed by atoms with Crippen molar-refractivity contribution in [1.82, 2.24) is 0 Å². The number of thioether (sulfide) groups is 1. The van der Waals surface area contributed by atoms with Gasteiger partial charge in [0.15, 0.2) is 0 Å². The summed E-state index contributed by atoms with van der Waals surface area (Å²) in [6.45, 7) is 6.66. The van der Waals surface area contributed by atoms with Gasteiger partial charge in [0.25, 0.3) is 0 Å². The van der Waals surface area contributed by atoms with Gasteiger partial charge < -0.3 is 0 Å². The predicted octanol–water partition coefficient (Wildman–Crippen LogP) is 6.43. The molecule has 126 valence electrons. The first-order valence-corrected chi connectivity index (χ1v) is 9.85. The average molecular weight is 331 g/mol. The molecule has 0 bridgehead atoms. The maximum atomic E-state index is 12.5. The molecule has 2 rings (SSSR count). The van der Waals surface area contributed by atoms with Crippen molar-refractivity contribution >= 4 is 17.5 Å². The van der Waals surface area contributed by atoms with E-state index in [1.54, 1.807) is 0 Å². The highest BCUT2D eigenvalue weighted by atomic mass is 32.2. The Hall–Kier alpha value is -1.02. The van der Waals surface area contributed by atoms with Gasteiger partial charge in [-0.25, -0.2) is 0 Å². The van der Waals surface area contributed by atoms with Crippen LogP contribution in [0.4, 0.5) is 0 Å². The normalized spacial score (nSPS) is 23.3. The molecule has 0 spiro atoms. The molecule has 1 aromatic carbocycles. The van der Waals surface area contributed by atoms with Crippen LogP contribution in [0.5, 0.6) is 0 Å². The summed E-state index contributed by atoms with van der Waals surface area (Å²) in [6.07, 6.45) is 9.92. The number of unbranched alkanes of at least 4 members (excludes halogenated alkanes) is 1. The number of carbonyl (C=O) groups is 1. The highest BCUT2D eigenvalue weighted by Gasteiger charge is 2.43. The predicted molar refractivity (Wildman–Crippen MR) is 101 cm³/mol. The Labute approximate surface area is 145 Å². The van der Waals surface area contributed by atoms with Crippen LogP contribution >= 0.6 is 11.8 Å². The second kappa shape index (κ2) is 8.73. The first-order valence-electron chi connectivity index (χ1n) is 8.97. The van der Waals surface area contributed by atoms with Crippen LogP contribution in [0.1, 0.15) is 65.7 Å². The maximum absolute atomic E-state index is 12.5. The molecule has 0 heterocycles. The SMILES string of the molecule is CCCC/C(C)=C/CC(Sc1ccccc1)C1(C)CCCC1=O. The zero-order valence-corrected chi connectivity index (χ0v) is 15.6. The second-order valence-corrected chi connectivity index (χ2v) is 8.28. The number of carbonyl (C=O) groups excluding carboxylic acids is 1. The van der Waals surface area contributed by atoms with E-state index in [2.05, 4.69) is 57.2 Å². The van der Waals surface area contributed by atoms with Crippen molar-refractivity contribution in [3.63, 3.8) is 0 Å². The summed E-state index contributed by atoms with van der Waals surface area (Å²) in [7, 11) is 0. The summed E-state index contributed by atoms with van der Waals surface area (Å²) in [6, 6.07) is 10.5. The van der Waals surface area contributed by atoms with E-state index in [4.69, 9.17) is 0 Å². The summed E-state index contributed by atoms with van der Waals surface area (Å²) in [4.78, 5) is 13.8. The minimum Gasteiger partial charge on any atom is -0.299 e. The number of rotatable bonds is 8. The van der Waals surface area contributed by atoms with Gasteiger partial charge >= 0.3 is 0 Å². The van der Waals surface area contributed by atoms with Gasteiger partial charge in [0, 0.05) is 22.0 Å². The van der Waals surface area contributed by atoms with Gasteiger partial charge in [-0.3, -0.25) is 4.79 Å². The molecule has 2 heteroatoms. The summed E-state index contributed by atoms with van der Waals surface area (Å²) in [5, 5.41) is 0.344. The monoisotopic (exact) mass is 330 g/mol. The highest BCUT2D eigenvalue weighted by Crippen LogP contribution is 2.46. The number of benzene rings is 1. The molecule has 0 saturated heterocycles. The number of ketones is 1. The molecule has 1 fully saturated rings. The largest absolute Gasteiger partial charge is 0.299 e. The summed E-state index contributed by atoms with van der Waals surface area (Å²) in [5.41, 5.74) is 1.31. The van der Waals surface area contributed by atoms with Crippen LogP contribution in [0, 0.1) is 5.41 Å². The maximum Gasteiger partial charge on any atom is 0.139 e. The van der Waals surface area contributed by atoms with Crippen molar-refractivity contribution in [3.05, 3.63) is 42.0 Å². The smallest absolute Gasteiger partial charge is 0.139 e. The Morgan fingerprint density at radius 1 is 1.35 bits per heavy atom. The lowest BCUT2D eigenvalue weighted by atomic mass is 9.82. The number of hydrogen-bond donors (Lipinski definition) is 0. The van der Waals surface area contributed by atoms with Gasteiger partial charge in [-0.1, -0.05) is 50.1 Å². The molecule has 0 aliphatic heterocycles. The van der Waals surface area contributed by atoms with E-state index in [0.717, 1.165) is 25.7 Å². The van der Waals surface area contributed by atoms with Gasteiger partial charge in [0.2, 0.25) is 0 Å². The fourth-order valence-corrected chi connectivity index (χ4v) is 4.69. The van der Waals surface area contributed by atoms with Crippen LogP contribution in [-0.2, 0) is 4.79 Å². The molecular weight excluding hydrogens is 300 g/mol. The minimum absolute atomic E-state index is 0.165. The summed E-state index contributed by atoms with van der Waals surface area (Å²) < 4.78 is 0. The number of allylic oxidation sites excluding steroid dienone is 2. The van der Waals surface area contributed by atoms with Crippen molar-refractivity contribution in [1.29, 1.82) is 0 Å². The van der Waals surface area contributed by atoms with E-state index in [1.807, 2.05) is 11.8 Å². The molecule has 2 atom stereocenters. The molecule has 1 aromatic rings. The quantitative estimate of drug-likeness (QED) is 0.403. The third kappa shape index (κ3) is 4.97. The van der Waals surface area contributed by atoms with Crippen molar-refractivity contribution < 1.29 is 4.79 Å². The lowest BCUT2D eigenvalue weighted by Gasteiger charge is -2.32. The van der Waals surface area contributed by atoms with Gasteiger partial charge in [-0.15, -0.1) is 11.8 Å². The molecule has 1 aliphatic carbocycles. The molecule has 23 heavy (non-hydrogen) atoms. The van der Waals surface area contributed by atoms with E-state index in [9.17, 15) is 4.79 Å². The molecule has 0 radical (unpaired) electrons. The van der Waals surface area contributed by atoms with Gasteiger partial charge in [0.1, 0.15) is 5.78 Å². The van der Waals surface area contributed by atoms with Crippen LogP contribution in [0.25, 0.3) is 0 Å². The van der Waals surface area contributed by atoms with E-state index in [-0.39, 0.29) is 5.41 Å². The van der Waals surface area contributed by atoms with E-state index in [1.165, 1.54) is 29.7 Å². The zero-order chi connectivity index (χ0) is 16.7. The second-order valence-electron chi connectivity index (χ2n) is 7.00. The average Bonchev–Trinajstić information content (AvgIpc) is 2.90. The first kappa shape index (κ1) is 18.3. The Morgan fingerprint density at radius 3 is 2.70 bits per heavy atom. The Morgan fingerprint density at radius 2 is 2.09 bits per heavy atom. The molecule has 1 aliphatic rings. The Balaban J connectivity index is 2.13.